The largest absolute Gasteiger partial charge is 0.477 e. The first-order valence-corrected chi connectivity index (χ1v) is 8.11. The fourth-order valence-electron chi connectivity index (χ4n) is 2.33. The first-order valence-electron chi connectivity index (χ1n) is 8.11. The number of hydrogen-bond donors (Lipinski definition) is 1. The molecule has 3 aromatic carbocycles. The van der Waals surface area contributed by atoms with Crippen molar-refractivity contribution >= 4 is 17.3 Å². The Morgan fingerprint density at radius 1 is 0.889 bits per heavy atom. The molecule has 136 valence electrons. The van der Waals surface area contributed by atoms with Gasteiger partial charge in [0, 0.05) is 6.07 Å². The molecular formula is C20H16N2O5. The zero-order valence-corrected chi connectivity index (χ0v) is 14.2. The van der Waals surface area contributed by atoms with Crippen LogP contribution in [0.25, 0.3) is 0 Å². The van der Waals surface area contributed by atoms with Crippen molar-refractivity contribution in [2.24, 2.45) is 0 Å². The fourth-order valence-corrected chi connectivity index (χ4v) is 2.33. The number of rotatable bonds is 7. The second kappa shape index (κ2) is 8.48. The van der Waals surface area contributed by atoms with Gasteiger partial charge in [0.1, 0.15) is 5.75 Å². The summed E-state index contributed by atoms with van der Waals surface area (Å²) in [4.78, 5) is 22.6. The zero-order valence-electron chi connectivity index (χ0n) is 14.2. The van der Waals surface area contributed by atoms with E-state index >= 15 is 0 Å². The molecule has 0 aliphatic carbocycles. The maximum atomic E-state index is 12.2. The van der Waals surface area contributed by atoms with Crippen LogP contribution < -0.4 is 14.8 Å². The van der Waals surface area contributed by atoms with Gasteiger partial charge in [-0.3, -0.25) is 14.9 Å². The van der Waals surface area contributed by atoms with E-state index in [-0.39, 0.29) is 18.0 Å². The summed E-state index contributed by atoms with van der Waals surface area (Å²) in [5.74, 6) is 0.682. The summed E-state index contributed by atoms with van der Waals surface area (Å²) in [6, 6.07) is 22.0. The first kappa shape index (κ1) is 17.9. The standard InChI is InChI=1S/C20H16N2O5/c23-20(14-26-19-13-7-5-11-17(19)22(24)25)21-16-10-4-6-12-18(16)27-15-8-2-1-3-9-15/h1-13H,14H2,(H,21,23). The molecule has 0 unspecified atom stereocenters. The lowest BCUT2D eigenvalue weighted by Crippen LogP contribution is -2.20. The quantitative estimate of drug-likeness (QED) is 0.495. The van der Waals surface area contributed by atoms with E-state index in [1.807, 2.05) is 18.2 Å². The fraction of sp³-hybridized carbons (Fsp3) is 0.0500. The highest BCUT2D eigenvalue weighted by atomic mass is 16.6. The zero-order chi connectivity index (χ0) is 19.1. The Labute approximate surface area is 155 Å². The normalized spacial score (nSPS) is 10.1. The number of carbonyl (C=O) groups is 1. The Hall–Kier alpha value is -3.87. The van der Waals surface area contributed by atoms with E-state index in [4.69, 9.17) is 9.47 Å². The number of nitrogens with one attached hydrogen (secondary N) is 1. The van der Waals surface area contributed by atoms with Crippen molar-refractivity contribution in [2.75, 3.05) is 11.9 Å². The molecule has 0 radical (unpaired) electrons. The summed E-state index contributed by atoms with van der Waals surface area (Å²) >= 11 is 0. The summed E-state index contributed by atoms with van der Waals surface area (Å²) in [5.41, 5.74) is 0.274. The highest BCUT2D eigenvalue weighted by Gasteiger charge is 2.15. The van der Waals surface area contributed by atoms with E-state index in [9.17, 15) is 14.9 Å². The van der Waals surface area contributed by atoms with Gasteiger partial charge in [-0.15, -0.1) is 0 Å². The number of anilines is 1. The van der Waals surface area contributed by atoms with Crippen LogP contribution in [0.15, 0.2) is 78.9 Å². The van der Waals surface area contributed by atoms with Crippen molar-refractivity contribution in [1.29, 1.82) is 0 Å². The molecule has 0 bridgehead atoms. The van der Waals surface area contributed by atoms with Crippen LogP contribution in [0.1, 0.15) is 0 Å². The highest BCUT2D eigenvalue weighted by Crippen LogP contribution is 2.29. The molecule has 7 heteroatoms. The monoisotopic (exact) mass is 364 g/mol. The third kappa shape index (κ3) is 4.82. The summed E-state index contributed by atoms with van der Waals surface area (Å²) in [6.45, 7) is -0.371. The van der Waals surface area contributed by atoms with Gasteiger partial charge >= 0.3 is 5.69 Å². The van der Waals surface area contributed by atoms with Crippen LogP contribution >= 0.6 is 0 Å². The van der Waals surface area contributed by atoms with Crippen LogP contribution in [0.2, 0.25) is 0 Å². The van der Waals surface area contributed by atoms with Crippen molar-refractivity contribution in [3.63, 3.8) is 0 Å². The maximum absolute atomic E-state index is 12.2. The number of amides is 1. The summed E-state index contributed by atoms with van der Waals surface area (Å²) in [7, 11) is 0. The number of benzene rings is 3. The molecule has 0 aliphatic heterocycles. The summed E-state index contributed by atoms with van der Waals surface area (Å²) < 4.78 is 11.1. The smallest absolute Gasteiger partial charge is 0.310 e. The minimum Gasteiger partial charge on any atom is -0.477 e. The van der Waals surface area contributed by atoms with Crippen molar-refractivity contribution in [1.82, 2.24) is 0 Å². The van der Waals surface area contributed by atoms with Gasteiger partial charge in [0.15, 0.2) is 18.1 Å². The molecule has 7 nitrogen and oxygen atoms in total. The van der Waals surface area contributed by atoms with Crippen LogP contribution in [0.5, 0.6) is 17.2 Å². The number of hydrogen-bond acceptors (Lipinski definition) is 5. The average molecular weight is 364 g/mol. The molecule has 0 fully saturated rings. The molecular weight excluding hydrogens is 348 g/mol. The molecule has 0 heterocycles. The number of para-hydroxylation sites is 5. The topological polar surface area (TPSA) is 90.7 Å². The lowest BCUT2D eigenvalue weighted by Gasteiger charge is -2.12. The van der Waals surface area contributed by atoms with Gasteiger partial charge in [-0.05, 0) is 30.3 Å². The van der Waals surface area contributed by atoms with Gasteiger partial charge in [-0.25, -0.2) is 0 Å². The van der Waals surface area contributed by atoms with E-state index in [2.05, 4.69) is 5.32 Å². The molecule has 3 aromatic rings. The molecule has 27 heavy (non-hydrogen) atoms. The van der Waals surface area contributed by atoms with Crippen LogP contribution in [0, 0.1) is 10.1 Å². The molecule has 1 amide bonds. The van der Waals surface area contributed by atoms with Gasteiger partial charge in [0.2, 0.25) is 0 Å². The van der Waals surface area contributed by atoms with E-state index < -0.39 is 10.8 Å². The second-order valence-electron chi connectivity index (χ2n) is 5.47. The summed E-state index contributed by atoms with van der Waals surface area (Å²) in [6.07, 6.45) is 0. The van der Waals surface area contributed by atoms with Crippen molar-refractivity contribution in [3.05, 3.63) is 89.0 Å². The van der Waals surface area contributed by atoms with Gasteiger partial charge in [0.05, 0.1) is 10.6 Å². The van der Waals surface area contributed by atoms with Crippen molar-refractivity contribution < 1.29 is 19.2 Å². The number of nitro benzene ring substituents is 1. The predicted molar refractivity (Wildman–Crippen MR) is 100 cm³/mol. The number of nitro groups is 1. The Morgan fingerprint density at radius 2 is 1.52 bits per heavy atom. The van der Waals surface area contributed by atoms with E-state index in [0.29, 0.717) is 17.2 Å². The molecule has 0 saturated carbocycles. The lowest BCUT2D eigenvalue weighted by molar-refractivity contribution is -0.385. The molecule has 0 atom stereocenters. The SMILES string of the molecule is O=C(COc1ccccc1[N+](=O)[O-])Nc1ccccc1Oc1ccccc1. The van der Waals surface area contributed by atoms with Gasteiger partial charge < -0.3 is 14.8 Å². The lowest BCUT2D eigenvalue weighted by atomic mass is 10.3. The van der Waals surface area contributed by atoms with Gasteiger partial charge in [-0.2, -0.15) is 0 Å². The molecule has 1 N–H and O–H groups in total. The van der Waals surface area contributed by atoms with Crippen LogP contribution in [-0.2, 0) is 4.79 Å². The third-order valence-electron chi connectivity index (χ3n) is 3.55. The van der Waals surface area contributed by atoms with Gasteiger partial charge in [-0.1, -0.05) is 42.5 Å². The summed E-state index contributed by atoms with van der Waals surface area (Å²) in [5, 5.41) is 13.7. The highest BCUT2D eigenvalue weighted by molar-refractivity contribution is 5.93. The predicted octanol–water partition coefficient (Wildman–Crippen LogP) is 4.40. The van der Waals surface area contributed by atoms with Crippen molar-refractivity contribution in [3.8, 4) is 17.2 Å². The minimum absolute atomic E-state index is 0.0338. The number of nitrogens with zero attached hydrogens (tertiary/aromatic N) is 1. The van der Waals surface area contributed by atoms with Crippen LogP contribution in [0.3, 0.4) is 0 Å². The maximum Gasteiger partial charge on any atom is 0.310 e. The van der Waals surface area contributed by atoms with Crippen molar-refractivity contribution in [2.45, 2.75) is 0 Å². The van der Waals surface area contributed by atoms with Crippen LogP contribution in [0.4, 0.5) is 11.4 Å². The Balaban J connectivity index is 1.66. The van der Waals surface area contributed by atoms with Crippen LogP contribution in [-0.4, -0.2) is 17.4 Å². The Morgan fingerprint density at radius 3 is 2.26 bits per heavy atom. The average Bonchev–Trinajstić information content (AvgIpc) is 2.69. The third-order valence-corrected chi connectivity index (χ3v) is 3.55. The van der Waals surface area contributed by atoms with E-state index in [0.717, 1.165) is 0 Å². The molecule has 0 aromatic heterocycles. The molecule has 0 saturated heterocycles. The molecule has 0 spiro atoms. The minimum atomic E-state index is -0.559. The number of ether oxygens (including phenoxy) is 2. The Bertz CT molecular complexity index is 944. The molecule has 0 aliphatic rings. The second-order valence-corrected chi connectivity index (χ2v) is 5.47. The van der Waals surface area contributed by atoms with Gasteiger partial charge in [0.25, 0.3) is 5.91 Å². The van der Waals surface area contributed by atoms with E-state index in [1.54, 1.807) is 42.5 Å². The number of carbonyl (C=O) groups excluding carboxylic acids is 1. The molecule has 3 rings (SSSR count). The first-order chi connectivity index (χ1) is 13.1. The Kier molecular flexibility index (Phi) is 5.64. The van der Waals surface area contributed by atoms with E-state index in [1.165, 1.54) is 18.2 Å².